The molecule has 24 heavy (non-hydrogen) atoms. The molecule has 0 saturated carbocycles. The molecule has 5 heteroatoms. The Morgan fingerprint density at radius 3 is 2.04 bits per heavy atom. The van der Waals surface area contributed by atoms with Gasteiger partial charge in [0.15, 0.2) is 5.54 Å². The number of hydrogen-bond donors (Lipinski definition) is 0. The number of hydrogen-bond acceptors (Lipinski definition) is 4. The largest absolute Gasteiger partial charge is 0.497 e. The van der Waals surface area contributed by atoms with Crippen LogP contribution in [0.3, 0.4) is 0 Å². The van der Waals surface area contributed by atoms with Gasteiger partial charge in [0.25, 0.3) is 0 Å². The van der Waals surface area contributed by atoms with Gasteiger partial charge in [-0.15, -0.1) is 0 Å². The fourth-order valence-electron chi connectivity index (χ4n) is 3.13. The summed E-state index contributed by atoms with van der Waals surface area (Å²) in [5, 5.41) is 9.95. The lowest BCUT2D eigenvalue weighted by Crippen LogP contribution is -2.42. The third-order valence-electron chi connectivity index (χ3n) is 4.41. The number of nitrogens with zero attached hydrogens (tertiary/aromatic N) is 2. The van der Waals surface area contributed by atoms with Crippen molar-refractivity contribution in [2.75, 3.05) is 19.1 Å². The van der Waals surface area contributed by atoms with Crippen molar-refractivity contribution in [3.8, 4) is 17.6 Å². The van der Waals surface area contributed by atoms with Gasteiger partial charge in [0.2, 0.25) is 5.91 Å². The summed E-state index contributed by atoms with van der Waals surface area (Å²) in [5.74, 6) is 1.36. The van der Waals surface area contributed by atoms with E-state index in [0.717, 1.165) is 5.56 Å². The number of methoxy groups -OCH3 is 2. The molecule has 5 nitrogen and oxygen atoms in total. The van der Waals surface area contributed by atoms with Gasteiger partial charge in [0.05, 0.1) is 20.3 Å². The first-order valence-corrected chi connectivity index (χ1v) is 7.67. The SMILES string of the molecule is COc1ccc(N2C(=O)CC[C@@]2(C#N)c2ccc(OC)cc2)cc1. The minimum Gasteiger partial charge on any atom is -0.497 e. The third kappa shape index (κ3) is 2.46. The highest BCUT2D eigenvalue weighted by atomic mass is 16.5. The topological polar surface area (TPSA) is 62.6 Å². The van der Waals surface area contributed by atoms with Gasteiger partial charge in [0.1, 0.15) is 11.5 Å². The lowest BCUT2D eigenvalue weighted by Gasteiger charge is -2.33. The highest BCUT2D eigenvalue weighted by Gasteiger charge is 2.48. The minimum atomic E-state index is -1.00. The smallest absolute Gasteiger partial charge is 0.228 e. The number of carbonyl (C=O) groups excluding carboxylic acids is 1. The predicted octanol–water partition coefficient (Wildman–Crippen LogP) is 3.25. The van der Waals surface area contributed by atoms with Crippen molar-refractivity contribution in [1.29, 1.82) is 5.26 Å². The standard InChI is InChI=1S/C19H18N2O3/c1-23-16-7-3-14(4-8-16)19(13-20)12-11-18(22)21(19)15-5-9-17(24-2)10-6-15/h3-10H,11-12H2,1-2H3/t19-/m1/s1. The van der Waals surface area contributed by atoms with E-state index < -0.39 is 5.54 Å². The van der Waals surface area contributed by atoms with Crippen molar-refractivity contribution in [3.63, 3.8) is 0 Å². The average Bonchev–Trinajstić information content (AvgIpc) is 2.99. The van der Waals surface area contributed by atoms with E-state index in [2.05, 4.69) is 6.07 Å². The Morgan fingerprint density at radius 1 is 1.00 bits per heavy atom. The maximum Gasteiger partial charge on any atom is 0.228 e. The molecule has 2 aromatic rings. The van der Waals surface area contributed by atoms with Crippen LogP contribution in [0.25, 0.3) is 0 Å². The van der Waals surface area contributed by atoms with E-state index in [-0.39, 0.29) is 5.91 Å². The summed E-state index contributed by atoms with van der Waals surface area (Å²) in [4.78, 5) is 14.1. The molecule has 0 radical (unpaired) electrons. The first kappa shape index (κ1) is 15.9. The van der Waals surface area contributed by atoms with E-state index in [9.17, 15) is 10.1 Å². The van der Waals surface area contributed by atoms with Crippen LogP contribution < -0.4 is 14.4 Å². The molecule has 0 aliphatic carbocycles. The third-order valence-corrected chi connectivity index (χ3v) is 4.41. The van der Waals surface area contributed by atoms with Crippen LogP contribution in [0, 0.1) is 11.3 Å². The fourth-order valence-corrected chi connectivity index (χ4v) is 3.13. The van der Waals surface area contributed by atoms with Gasteiger partial charge >= 0.3 is 0 Å². The summed E-state index contributed by atoms with van der Waals surface area (Å²) in [6.45, 7) is 0. The highest BCUT2D eigenvalue weighted by molar-refractivity contribution is 5.98. The van der Waals surface area contributed by atoms with E-state index in [0.29, 0.717) is 30.0 Å². The number of amides is 1. The maximum atomic E-state index is 12.5. The molecule has 0 bridgehead atoms. The van der Waals surface area contributed by atoms with Crippen LogP contribution in [-0.4, -0.2) is 20.1 Å². The summed E-state index contributed by atoms with van der Waals surface area (Å²) in [6, 6.07) is 16.9. The number of nitriles is 1. The molecule has 3 rings (SSSR count). The monoisotopic (exact) mass is 322 g/mol. The molecular weight excluding hydrogens is 304 g/mol. The van der Waals surface area contributed by atoms with Crippen molar-refractivity contribution in [1.82, 2.24) is 0 Å². The Bertz CT molecular complexity index is 778. The van der Waals surface area contributed by atoms with Gasteiger partial charge in [0, 0.05) is 12.1 Å². The molecule has 0 spiro atoms. The van der Waals surface area contributed by atoms with Crippen molar-refractivity contribution in [3.05, 3.63) is 54.1 Å². The lowest BCUT2D eigenvalue weighted by molar-refractivity contribution is -0.117. The summed E-state index contributed by atoms with van der Waals surface area (Å²) in [5.41, 5.74) is 0.473. The van der Waals surface area contributed by atoms with E-state index in [1.54, 1.807) is 43.4 Å². The van der Waals surface area contributed by atoms with Crippen LogP contribution in [0.5, 0.6) is 11.5 Å². The quantitative estimate of drug-likeness (QED) is 0.867. The highest BCUT2D eigenvalue weighted by Crippen LogP contribution is 2.43. The van der Waals surface area contributed by atoms with Gasteiger partial charge < -0.3 is 9.47 Å². The Morgan fingerprint density at radius 2 is 1.54 bits per heavy atom. The Kier molecular flexibility index (Phi) is 4.13. The van der Waals surface area contributed by atoms with E-state index in [4.69, 9.17) is 9.47 Å². The first-order chi connectivity index (χ1) is 11.6. The van der Waals surface area contributed by atoms with Gasteiger partial charge in [-0.2, -0.15) is 5.26 Å². The molecule has 1 aliphatic heterocycles. The Hall–Kier alpha value is -3.00. The van der Waals surface area contributed by atoms with Gasteiger partial charge in [-0.05, 0) is 48.4 Å². The Labute approximate surface area is 141 Å². The molecule has 2 aromatic carbocycles. The number of anilines is 1. The van der Waals surface area contributed by atoms with Crippen LogP contribution in [0.2, 0.25) is 0 Å². The second kappa shape index (κ2) is 6.25. The zero-order valence-corrected chi connectivity index (χ0v) is 13.7. The van der Waals surface area contributed by atoms with Crippen LogP contribution in [0.4, 0.5) is 5.69 Å². The molecule has 1 aliphatic rings. The molecule has 1 heterocycles. The molecule has 1 saturated heterocycles. The van der Waals surface area contributed by atoms with Gasteiger partial charge in [-0.25, -0.2) is 0 Å². The Balaban J connectivity index is 2.06. The van der Waals surface area contributed by atoms with E-state index in [1.165, 1.54) is 0 Å². The number of rotatable bonds is 4. The predicted molar refractivity (Wildman–Crippen MR) is 90.0 cm³/mol. The minimum absolute atomic E-state index is 0.0578. The van der Waals surface area contributed by atoms with Crippen LogP contribution in [-0.2, 0) is 10.3 Å². The zero-order valence-electron chi connectivity index (χ0n) is 13.7. The summed E-state index contributed by atoms with van der Waals surface area (Å²) >= 11 is 0. The second-order valence-corrected chi connectivity index (χ2v) is 5.63. The average molecular weight is 322 g/mol. The van der Waals surface area contributed by atoms with Crippen LogP contribution in [0.15, 0.2) is 48.5 Å². The summed E-state index contributed by atoms with van der Waals surface area (Å²) < 4.78 is 10.3. The van der Waals surface area contributed by atoms with Gasteiger partial charge in [-0.3, -0.25) is 9.69 Å². The van der Waals surface area contributed by atoms with Crippen molar-refractivity contribution in [2.24, 2.45) is 0 Å². The van der Waals surface area contributed by atoms with Crippen LogP contribution in [0.1, 0.15) is 18.4 Å². The van der Waals surface area contributed by atoms with E-state index >= 15 is 0 Å². The molecule has 1 amide bonds. The zero-order chi connectivity index (χ0) is 17.2. The molecule has 1 fully saturated rings. The molecule has 0 N–H and O–H groups in total. The second-order valence-electron chi connectivity index (χ2n) is 5.63. The van der Waals surface area contributed by atoms with Crippen LogP contribution >= 0.6 is 0 Å². The number of carbonyl (C=O) groups is 1. The van der Waals surface area contributed by atoms with Crippen molar-refractivity contribution < 1.29 is 14.3 Å². The number of benzene rings is 2. The summed E-state index contributed by atoms with van der Waals surface area (Å²) in [7, 11) is 3.19. The molecule has 1 atom stereocenters. The van der Waals surface area contributed by atoms with Crippen molar-refractivity contribution in [2.45, 2.75) is 18.4 Å². The van der Waals surface area contributed by atoms with Gasteiger partial charge in [-0.1, -0.05) is 12.1 Å². The molecule has 0 unspecified atom stereocenters. The molecule has 122 valence electrons. The maximum absolute atomic E-state index is 12.5. The first-order valence-electron chi connectivity index (χ1n) is 7.67. The summed E-state index contributed by atoms with van der Waals surface area (Å²) in [6.07, 6.45) is 0.798. The lowest BCUT2D eigenvalue weighted by atomic mass is 9.88. The normalized spacial score (nSPS) is 19.9. The van der Waals surface area contributed by atoms with Crippen molar-refractivity contribution >= 4 is 11.6 Å². The number of ether oxygens (including phenoxy) is 2. The molecular formula is C19H18N2O3. The molecule has 0 aromatic heterocycles. The fraction of sp³-hybridized carbons (Fsp3) is 0.263. The van der Waals surface area contributed by atoms with E-state index in [1.807, 2.05) is 24.3 Å².